The van der Waals surface area contributed by atoms with Gasteiger partial charge in [0.25, 0.3) is 0 Å². The third-order valence-electron chi connectivity index (χ3n) is 2.75. The van der Waals surface area contributed by atoms with Crippen LogP contribution in [0, 0.1) is 0 Å². The van der Waals surface area contributed by atoms with E-state index in [-0.39, 0.29) is 5.91 Å². The molecule has 0 fully saturated rings. The van der Waals surface area contributed by atoms with E-state index in [1.54, 1.807) is 0 Å². The lowest BCUT2D eigenvalue weighted by Gasteiger charge is -2.16. The molecule has 0 spiro atoms. The maximum atomic E-state index is 11.6. The Hall–Kier alpha value is -0.570. The fourth-order valence-electron chi connectivity index (χ4n) is 1.53. The van der Waals surface area contributed by atoms with Crippen molar-refractivity contribution in [3.05, 3.63) is 0 Å². The van der Waals surface area contributed by atoms with Crippen LogP contribution in [0.2, 0.25) is 0 Å². The summed E-state index contributed by atoms with van der Waals surface area (Å²) in [6.45, 7) is 7.10. The quantitative estimate of drug-likeness (QED) is 0.582. The van der Waals surface area contributed by atoms with Crippen LogP contribution in [0.15, 0.2) is 0 Å². The minimum atomic E-state index is 0.261. The van der Waals surface area contributed by atoms with Gasteiger partial charge in [-0.05, 0) is 19.4 Å². The van der Waals surface area contributed by atoms with E-state index in [2.05, 4.69) is 19.2 Å². The maximum absolute atomic E-state index is 11.6. The second-order valence-corrected chi connectivity index (χ2v) is 4.38. The van der Waals surface area contributed by atoms with Gasteiger partial charge in [-0.15, -0.1) is 0 Å². The normalized spacial score (nSPS) is 10.4. The van der Waals surface area contributed by atoms with E-state index in [0.717, 1.165) is 32.5 Å². The van der Waals surface area contributed by atoms with Crippen molar-refractivity contribution in [1.29, 1.82) is 0 Å². The summed E-state index contributed by atoms with van der Waals surface area (Å²) in [6, 6.07) is 0. The topological polar surface area (TPSA) is 32.3 Å². The van der Waals surface area contributed by atoms with Gasteiger partial charge in [0.1, 0.15) is 0 Å². The van der Waals surface area contributed by atoms with E-state index in [1.165, 1.54) is 19.3 Å². The summed E-state index contributed by atoms with van der Waals surface area (Å²) in [7, 11) is 1.90. The van der Waals surface area contributed by atoms with Crippen LogP contribution in [0.5, 0.6) is 0 Å². The maximum Gasteiger partial charge on any atom is 0.223 e. The summed E-state index contributed by atoms with van der Waals surface area (Å²) < 4.78 is 0. The van der Waals surface area contributed by atoms with Gasteiger partial charge in [0, 0.05) is 26.6 Å². The van der Waals surface area contributed by atoms with E-state index in [9.17, 15) is 4.79 Å². The lowest BCUT2D eigenvalue weighted by Crippen LogP contribution is -2.30. The Bertz CT molecular complexity index is 171. The van der Waals surface area contributed by atoms with Crippen molar-refractivity contribution in [3.63, 3.8) is 0 Å². The van der Waals surface area contributed by atoms with Crippen molar-refractivity contribution >= 4 is 5.91 Å². The molecule has 16 heavy (non-hydrogen) atoms. The van der Waals surface area contributed by atoms with Crippen molar-refractivity contribution in [1.82, 2.24) is 10.2 Å². The van der Waals surface area contributed by atoms with Gasteiger partial charge >= 0.3 is 0 Å². The van der Waals surface area contributed by atoms with Gasteiger partial charge < -0.3 is 10.2 Å². The Morgan fingerprint density at radius 1 is 1.06 bits per heavy atom. The third-order valence-corrected chi connectivity index (χ3v) is 2.75. The van der Waals surface area contributed by atoms with Crippen molar-refractivity contribution < 1.29 is 4.79 Å². The first-order valence-electron chi connectivity index (χ1n) is 6.67. The smallest absolute Gasteiger partial charge is 0.223 e. The Morgan fingerprint density at radius 2 is 1.75 bits per heavy atom. The Kier molecular flexibility index (Phi) is 10.5. The summed E-state index contributed by atoms with van der Waals surface area (Å²) in [4.78, 5) is 13.5. The first-order chi connectivity index (χ1) is 7.72. The standard InChI is InChI=1S/C13H28N2O/c1-4-6-8-10-14-11-9-13(16)15(3)12-7-5-2/h14H,4-12H2,1-3H3. The molecule has 0 heterocycles. The largest absolute Gasteiger partial charge is 0.346 e. The first kappa shape index (κ1) is 15.4. The van der Waals surface area contributed by atoms with Crippen LogP contribution in [0.25, 0.3) is 0 Å². The summed E-state index contributed by atoms with van der Waals surface area (Å²) in [5.74, 6) is 0.261. The van der Waals surface area contributed by atoms with Gasteiger partial charge in [0.2, 0.25) is 5.91 Å². The molecule has 0 aliphatic heterocycles. The lowest BCUT2D eigenvalue weighted by molar-refractivity contribution is -0.129. The Morgan fingerprint density at radius 3 is 2.38 bits per heavy atom. The molecule has 0 aromatic carbocycles. The number of amides is 1. The summed E-state index contributed by atoms with van der Waals surface area (Å²) in [5, 5.41) is 3.31. The highest BCUT2D eigenvalue weighted by Gasteiger charge is 2.06. The van der Waals surface area contributed by atoms with Gasteiger partial charge in [0.15, 0.2) is 0 Å². The number of rotatable bonds is 10. The van der Waals surface area contributed by atoms with E-state index in [4.69, 9.17) is 0 Å². The third kappa shape index (κ3) is 8.72. The molecule has 0 aromatic rings. The van der Waals surface area contributed by atoms with Crippen LogP contribution in [0.3, 0.4) is 0 Å². The number of carbonyl (C=O) groups excluding carboxylic acids is 1. The van der Waals surface area contributed by atoms with E-state index in [0.29, 0.717) is 6.42 Å². The molecular weight excluding hydrogens is 200 g/mol. The van der Waals surface area contributed by atoms with Gasteiger partial charge in [-0.1, -0.05) is 33.1 Å². The van der Waals surface area contributed by atoms with Gasteiger partial charge in [0.05, 0.1) is 0 Å². The molecule has 0 unspecified atom stereocenters. The molecule has 3 nitrogen and oxygen atoms in total. The molecule has 1 amide bonds. The number of nitrogens with zero attached hydrogens (tertiary/aromatic N) is 1. The highest BCUT2D eigenvalue weighted by Crippen LogP contribution is 1.95. The second-order valence-electron chi connectivity index (χ2n) is 4.38. The zero-order valence-electron chi connectivity index (χ0n) is 11.2. The predicted molar refractivity (Wildman–Crippen MR) is 69.6 cm³/mol. The van der Waals surface area contributed by atoms with E-state index >= 15 is 0 Å². The Balaban J connectivity index is 3.35. The number of hydrogen-bond donors (Lipinski definition) is 1. The zero-order chi connectivity index (χ0) is 12.2. The van der Waals surface area contributed by atoms with Crippen molar-refractivity contribution in [2.24, 2.45) is 0 Å². The van der Waals surface area contributed by atoms with Crippen LogP contribution < -0.4 is 5.32 Å². The van der Waals surface area contributed by atoms with Gasteiger partial charge in [-0.2, -0.15) is 0 Å². The van der Waals surface area contributed by atoms with E-state index < -0.39 is 0 Å². The fraction of sp³-hybridized carbons (Fsp3) is 0.923. The van der Waals surface area contributed by atoms with Crippen molar-refractivity contribution in [2.75, 3.05) is 26.7 Å². The number of hydrogen-bond acceptors (Lipinski definition) is 2. The molecule has 0 aliphatic rings. The average Bonchev–Trinajstić information content (AvgIpc) is 2.30. The Labute approximate surface area is 101 Å². The van der Waals surface area contributed by atoms with Crippen LogP contribution in [-0.4, -0.2) is 37.5 Å². The number of nitrogens with one attached hydrogen (secondary N) is 1. The molecule has 0 saturated heterocycles. The molecule has 0 saturated carbocycles. The number of carbonyl (C=O) groups is 1. The average molecular weight is 228 g/mol. The molecule has 3 heteroatoms. The SMILES string of the molecule is CCCCCNCCC(=O)N(C)CCCC. The van der Waals surface area contributed by atoms with Crippen LogP contribution >= 0.6 is 0 Å². The van der Waals surface area contributed by atoms with Crippen LogP contribution in [0.1, 0.15) is 52.4 Å². The molecule has 0 bridgehead atoms. The fourth-order valence-corrected chi connectivity index (χ4v) is 1.53. The molecule has 0 atom stereocenters. The lowest BCUT2D eigenvalue weighted by atomic mass is 10.2. The van der Waals surface area contributed by atoms with Crippen molar-refractivity contribution in [3.8, 4) is 0 Å². The molecule has 96 valence electrons. The molecule has 1 N–H and O–H groups in total. The van der Waals surface area contributed by atoms with Gasteiger partial charge in [-0.25, -0.2) is 0 Å². The highest BCUT2D eigenvalue weighted by atomic mass is 16.2. The second kappa shape index (κ2) is 10.9. The van der Waals surface area contributed by atoms with Crippen molar-refractivity contribution in [2.45, 2.75) is 52.4 Å². The zero-order valence-corrected chi connectivity index (χ0v) is 11.2. The van der Waals surface area contributed by atoms with Crippen LogP contribution in [0.4, 0.5) is 0 Å². The molecule has 0 radical (unpaired) electrons. The molecule has 0 aromatic heterocycles. The summed E-state index contributed by atoms with van der Waals surface area (Å²) in [6.07, 6.45) is 6.62. The summed E-state index contributed by atoms with van der Waals surface area (Å²) in [5.41, 5.74) is 0. The summed E-state index contributed by atoms with van der Waals surface area (Å²) >= 11 is 0. The van der Waals surface area contributed by atoms with Gasteiger partial charge in [-0.3, -0.25) is 4.79 Å². The number of unbranched alkanes of at least 4 members (excludes halogenated alkanes) is 3. The molecule has 0 rings (SSSR count). The molecular formula is C13H28N2O. The van der Waals surface area contributed by atoms with E-state index in [1.807, 2.05) is 11.9 Å². The minimum absolute atomic E-state index is 0.261. The molecule has 0 aliphatic carbocycles. The first-order valence-corrected chi connectivity index (χ1v) is 6.67. The monoisotopic (exact) mass is 228 g/mol. The minimum Gasteiger partial charge on any atom is -0.346 e. The predicted octanol–water partition coefficient (Wildman–Crippen LogP) is 2.41. The highest BCUT2D eigenvalue weighted by molar-refractivity contribution is 5.75. The van der Waals surface area contributed by atoms with Crippen LogP contribution in [-0.2, 0) is 4.79 Å².